The van der Waals surface area contributed by atoms with E-state index >= 15 is 0 Å². The molecule has 0 aromatic heterocycles. The molecular formula is C10H10BrFO. The molecule has 0 heterocycles. The van der Waals surface area contributed by atoms with Gasteiger partial charge in [0.15, 0.2) is 0 Å². The number of aryl methyl sites for hydroxylation is 1. The highest BCUT2D eigenvalue weighted by Crippen LogP contribution is 2.19. The molecule has 0 unspecified atom stereocenters. The van der Waals surface area contributed by atoms with E-state index < -0.39 is 6.67 Å². The zero-order valence-corrected chi connectivity index (χ0v) is 8.68. The number of carbonyl (C=O) groups is 1. The average Bonchev–Trinajstić information content (AvgIpc) is 2.16. The third kappa shape index (κ3) is 2.92. The number of aldehydes is 1. The van der Waals surface area contributed by atoms with E-state index in [2.05, 4.69) is 15.9 Å². The molecule has 0 aliphatic heterocycles. The highest BCUT2D eigenvalue weighted by molar-refractivity contribution is 9.10. The Kier molecular flexibility index (Phi) is 4.09. The molecule has 1 aromatic carbocycles. The van der Waals surface area contributed by atoms with Crippen molar-refractivity contribution in [3.05, 3.63) is 33.8 Å². The van der Waals surface area contributed by atoms with Gasteiger partial charge in [0.2, 0.25) is 0 Å². The lowest BCUT2D eigenvalue weighted by Crippen LogP contribution is -1.89. The van der Waals surface area contributed by atoms with Gasteiger partial charge in [0, 0.05) is 10.9 Å². The lowest BCUT2D eigenvalue weighted by molar-refractivity contribution is -0.107. The smallest absolute Gasteiger partial charge is 0.120 e. The van der Waals surface area contributed by atoms with Crippen LogP contribution in [0.1, 0.15) is 17.5 Å². The van der Waals surface area contributed by atoms with Crippen LogP contribution >= 0.6 is 15.9 Å². The van der Waals surface area contributed by atoms with Crippen LogP contribution < -0.4 is 0 Å². The molecule has 0 spiro atoms. The minimum Gasteiger partial charge on any atom is -0.303 e. The van der Waals surface area contributed by atoms with Gasteiger partial charge in [-0.05, 0) is 23.6 Å². The normalized spacial score (nSPS) is 10.0. The quantitative estimate of drug-likeness (QED) is 0.745. The number of alkyl halides is 1. The maximum absolute atomic E-state index is 12.4. The van der Waals surface area contributed by atoms with Gasteiger partial charge in [-0.3, -0.25) is 0 Å². The molecule has 1 rings (SSSR count). The summed E-state index contributed by atoms with van der Waals surface area (Å²) in [5.74, 6) is 0. The van der Waals surface area contributed by atoms with Crippen LogP contribution in [-0.2, 0) is 17.9 Å². The standard InChI is InChI=1S/C10H10BrFO/c11-10-4-3-8(2-1-5-13)6-9(10)7-12/h3-6H,1-2,7H2. The molecule has 0 atom stereocenters. The van der Waals surface area contributed by atoms with E-state index in [0.717, 1.165) is 16.3 Å². The summed E-state index contributed by atoms with van der Waals surface area (Å²) in [6.07, 6.45) is 2.05. The third-order valence-electron chi connectivity index (χ3n) is 1.80. The maximum Gasteiger partial charge on any atom is 0.120 e. The SMILES string of the molecule is O=CCCc1ccc(Br)c(CF)c1. The van der Waals surface area contributed by atoms with Crippen molar-refractivity contribution in [2.75, 3.05) is 0 Å². The van der Waals surface area contributed by atoms with Gasteiger partial charge in [0.25, 0.3) is 0 Å². The molecule has 0 radical (unpaired) electrons. The van der Waals surface area contributed by atoms with Crippen molar-refractivity contribution >= 4 is 22.2 Å². The van der Waals surface area contributed by atoms with Crippen molar-refractivity contribution in [1.82, 2.24) is 0 Å². The molecule has 0 saturated heterocycles. The van der Waals surface area contributed by atoms with Gasteiger partial charge in [-0.15, -0.1) is 0 Å². The summed E-state index contributed by atoms with van der Waals surface area (Å²) in [7, 11) is 0. The Bertz CT molecular complexity index is 299. The Balaban J connectivity index is 2.79. The van der Waals surface area contributed by atoms with Crippen molar-refractivity contribution in [2.45, 2.75) is 19.5 Å². The van der Waals surface area contributed by atoms with Crippen molar-refractivity contribution < 1.29 is 9.18 Å². The summed E-state index contributed by atoms with van der Waals surface area (Å²) in [5.41, 5.74) is 1.64. The van der Waals surface area contributed by atoms with Crippen molar-refractivity contribution in [2.24, 2.45) is 0 Å². The second kappa shape index (κ2) is 5.12. The molecule has 0 saturated carbocycles. The first-order chi connectivity index (χ1) is 6.27. The lowest BCUT2D eigenvalue weighted by atomic mass is 10.1. The number of carbonyl (C=O) groups excluding carboxylic acids is 1. The largest absolute Gasteiger partial charge is 0.303 e. The average molecular weight is 245 g/mol. The first-order valence-electron chi connectivity index (χ1n) is 4.05. The van der Waals surface area contributed by atoms with Gasteiger partial charge in [0.05, 0.1) is 0 Å². The summed E-state index contributed by atoms with van der Waals surface area (Å²) in [4.78, 5) is 10.1. The number of halogens is 2. The van der Waals surface area contributed by atoms with Gasteiger partial charge in [0.1, 0.15) is 13.0 Å². The van der Waals surface area contributed by atoms with E-state index in [-0.39, 0.29) is 0 Å². The molecular weight excluding hydrogens is 235 g/mol. The lowest BCUT2D eigenvalue weighted by Gasteiger charge is -2.02. The summed E-state index contributed by atoms with van der Waals surface area (Å²) >= 11 is 3.25. The van der Waals surface area contributed by atoms with Crippen LogP contribution in [0.15, 0.2) is 22.7 Å². The Labute approximate surface area is 85.1 Å². The fourth-order valence-electron chi connectivity index (χ4n) is 1.11. The molecule has 1 nitrogen and oxygen atoms in total. The summed E-state index contributed by atoms with van der Waals surface area (Å²) < 4.78 is 13.2. The van der Waals surface area contributed by atoms with E-state index in [4.69, 9.17) is 0 Å². The minimum absolute atomic E-state index is 0.477. The number of hydrogen-bond acceptors (Lipinski definition) is 1. The zero-order valence-electron chi connectivity index (χ0n) is 7.09. The van der Waals surface area contributed by atoms with Gasteiger partial charge in [-0.1, -0.05) is 28.1 Å². The predicted octanol–water partition coefficient (Wildman–Crippen LogP) is 3.05. The van der Waals surface area contributed by atoms with E-state index in [0.29, 0.717) is 18.4 Å². The summed E-state index contributed by atoms with van der Waals surface area (Å²) in [6.45, 7) is -0.477. The first-order valence-corrected chi connectivity index (χ1v) is 4.84. The number of benzene rings is 1. The molecule has 0 bridgehead atoms. The summed E-state index contributed by atoms with van der Waals surface area (Å²) in [5, 5.41) is 0. The predicted molar refractivity (Wildman–Crippen MR) is 53.3 cm³/mol. The molecule has 0 N–H and O–H groups in total. The molecule has 70 valence electrons. The Morgan fingerprint density at radius 1 is 1.46 bits per heavy atom. The molecule has 0 amide bonds. The monoisotopic (exact) mass is 244 g/mol. The van der Waals surface area contributed by atoms with Crippen molar-refractivity contribution in [1.29, 1.82) is 0 Å². The van der Waals surface area contributed by atoms with E-state index in [1.54, 1.807) is 6.07 Å². The van der Waals surface area contributed by atoms with E-state index in [1.165, 1.54) is 0 Å². The van der Waals surface area contributed by atoms with Gasteiger partial charge in [-0.2, -0.15) is 0 Å². The van der Waals surface area contributed by atoms with Crippen LogP contribution in [0.3, 0.4) is 0 Å². The second-order valence-corrected chi connectivity index (χ2v) is 3.62. The fourth-order valence-corrected chi connectivity index (χ4v) is 1.46. The first kappa shape index (κ1) is 10.4. The van der Waals surface area contributed by atoms with Crippen LogP contribution in [0, 0.1) is 0 Å². The fraction of sp³-hybridized carbons (Fsp3) is 0.300. The van der Waals surface area contributed by atoms with Crippen LogP contribution in [0.2, 0.25) is 0 Å². The maximum atomic E-state index is 12.4. The van der Waals surface area contributed by atoms with Crippen LogP contribution in [0.5, 0.6) is 0 Å². The van der Waals surface area contributed by atoms with Crippen molar-refractivity contribution in [3.8, 4) is 0 Å². The molecule has 0 aliphatic carbocycles. The molecule has 3 heteroatoms. The Morgan fingerprint density at radius 3 is 2.85 bits per heavy atom. The molecule has 0 aliphatic rings. The highest BCUT2D eigenvalue weighted by Gasteiger charge is 2.00. The van der Waals surface area contributed by atoms with Crippen LogP contribution in [0.25, 0.3) is 0 Å². The van der Waals surface area contributed by atoms with E-state index in [1.807, 2.05) is 12.1 Å². The number of rotatable bonds is 4. The number of hydrogen-bond donors (Lipinski definition) is 0. The second-order valence-electron chi connectivity index (χ2n) is 2.76. The topological polar surface area (TPSA) is 17.1 Å². The van der Waals surface area contributed by atoms with Crippen molar-refractivity contribution in [3.63, 3.8) is 0 Å². The summed E-state index contributed by atoms with van der Waals surface area (Å²) in [6, 6.07) is 5.50. The van der Waals surface area contributed by atoms with Crippen LogP contribution in [0.4, 0.5) is 4.39 Å². The van der Waals surface area contributed by atoms with Gasteiger partial charge in [-0.25, -0.2) is 4.39 Å². The molecule has 13 heavy (non-hydrogen) atoms. The Hall–Kier alpha value is -0.700. The van der Waals surface area contributed by atoms with E-state index in [9.17, 15) is 9.18 Å². The van der Waals surface area contributed by atoms with Gasteiger partial charge < -0.3 is 4.79 Å². The zero-order chi connectivity index (χ0) is 9.68. The van der Waals surface area contributed by atoms with Gasteiger partial charge >= 0.3 is 0 Å². The molecule has 1 aromatic rings. The minimum atomic E-state index is -0.477. The molecule has 0 fully saturated rings. The highest BCUT2D eigenvalue weighted by atomic mass is 79.9. The third-order valence-corrected chi connectivity index (χ3v) is 2.58. The van der Waals surface area contributed by atoms with Crippen LogP contribution in [-0.4, -0.2) is 6.29 Å². The Morgan fingerprint density at radius 2 is 2.23 bits per heavy atom.